The van der Waals surface area contributed by atoms with Crippen LogP contribution < -0.4 is 11.1 Å². The minimum Gasteiger partial charge on any atom is -0.465 e. The number of rotatable bonds is 8. The Hall–Kier alpha value is -1.88. The molecule has 0 aromatic heterocycles. The van der Waals surface area contributed by atoms with Gasteiger partial charge in [0.2, 0.25) is 5.91 Å². The molecule has 1 aromatic carbocycles. The molecule has 5 nitrogen and oxygen atoms in total. The van der Waals surface area contributed by atoms with Crippen LogP contribution in [0.2, 0.25) is 0 Å². The number of benzene rings is 1. The predicted molar refractivity (Wildman–Crippen MR) is 77.1 cm³/mol. The van der Waals surface area contributed by atoms with E-state index in [-0.39, 0.29) is 18.4 Å². The molecule has 0 aliphatic heterocycles. The van der Waals surface area contributed by atoms with Gasteiger partial charge in [0.25, 0.3) is 0 Å². The van der Waals surface area contributed by atoms with Crippen LogP contribution in [0.3, 0.4) is 0 Å². The van der Waals surface area contributed by atoms with Crippen LogP contribution in [0.4, 0.5) is 0 Å². The molecule has 0 radical (unpaired) electrons. The maximum Gasteiger partial charge on any atom is 0.315 e. The van der Waals surface area contributed by atoms with E-state index in [9.17, 15) is 9.59 Å². The number of ether oxygens (including phenoxy) is 1. The molecule has 0 aliphatic rings. The Kier molecular flexibility index (Phi) is 7.35. The first kappa shape index (κ1) is 16.2. The molecule has 1 aromatic rings. The van der Waals surface area contributed by atoms with Crippen LogP contribution >= 0.6 is 0 Å². The van der Waals surface area contributed by atoms with E-state index in [2.05, 4.69) is 5.32 Å². The summed E-state index contributed by atoms with van der Waals surface area (Å²) in [6.45, 7) is 2.81. The van der Waals surface area contributed by atoms with E-state index in [1.807, 2.05) is 30.3 Å². The summed E-state index contributed by atoms with van der Waals surface area (Å²) in [5, 5.41) is 2.76. The van der Waals surface area contributed by atoms with Crippen molar-refractivity contribution in [3.8, 4) is 0 Å². The van der Waals surface area contributed by atoms with Gasteiger partial charge in [-0.1, -0.05) is 30.3 Å². The Labute approximate surface area is 119 Å². The van der Waals surface area contributed by atoms with E-state index in [0.717, 1.165) is 5.56 Å². The summed E-state index contributed by atoms with van der Waals surface area (Å²) >= 11 is 0. The third-order valence-electron chi connectivity index (χ3n) is 2.88. The minimum atomic E-state index is -0.474. The molecule has 1 unspecified atom stereocenters. The van der Waals surface area contributed by atoms with Gasteiger partial charge in [-0.3, -0.25) is 9.59 Å². The Morgan fingerprint density at radius 2 is 2.00 bits per heavy atom. The number of nitrogens with one attached hydrogen (secondary N) is 1. The molecule has 0 bridgehead atoms. The average molecular weight is 278 g/mol. The molecular weight excluding hydrogens is 256 g/mol. The molecule has 0 fully saturated rings. The first-order chi connectivity index (χ1) is 9.69. The fourth-order valence-electron chi connectivity index (χ4n) is 1.83. The van der Waals surface area contributed by atoms with Crippen molar-refractivity contribution < 1.29 is 14.3 Å². The van der Waals surface area contributed by atoms with E-state index in [1.165, 1.54) is 0 Å². The molecule has 0 spiro atoms. The van der Waals surface area contributed by atoms with Gasteiger partial charge in [0.15, 0.2) is 0 Å². The Morgan fingerprint density at radius 1 is 1.30 bits per heavy atom. The lowest BCUT2D eigenvalue weighted by molar-refractivity contribution is -0.144. The maximum atomic E-state index is 12.0. The summed E-state index contributed by atoms with van der Waals surface area (Å²) < 4.78 is 5.06. The third-order valence-corrected chi connectivity index (χ3v) is 2.88. The third kappa shape index (κ3) is 5.40. The van der Waals surface area contributed by atoms with E-state index in [1.54, 1.807) is 6.92 Å². The summed E-state index contributed by atoms with van der Waals surface area (Å²) in [4.78, 5) is 23.6. The number of carbonyl (C=O) groups excluding carboxylic acids is 2. The topological polar surface area (TPSA) is 81.4 Å². The van der Waals surface area contributed by atoms with Gasteiger partial charge in [0.05, 0.1) is 12.5 Å². The van der Waals surface area contributed by atoms with Gasteiger partial charge in [0.1, 0.15) is 0 Å². The van der Waals surface area contributed by atoms with Crippen molar-refractivity contribution in [2.24, 2.45) is 5.73 Å². The highest BCUT2D eigenvalue weighted by Gasteiger charge is 2.22. The van der Waals surface area contributed by atoms with Gasteiger partial charge in [-0.25, -0.2) is 0 Å². The largest absolute Gasteiger partial charge is 0.465 e. The van der Waals surface area contributed by atoms with Crippen LogP contribution in [0.25, 0.3) is 0 Å². The van der Waals surface area contributed by atoms with Crippen molar-refractivity contribution in [1.29, 1.82) is 0 Å². The second-order valence-electron chi connectivity index (χ2n) is 4.41. The van der Waals surface area contributed by atoms with Gasteiger partial charge >= 0.3 is 5.97 Å². The summed E-state index contributed by atoms with van der Waals surface area (Å²) in [5.74, 6) is -0.892. The van der Waals surface area contributed by atoms with Crippen LogP contribution in [-0.2, 0) is 14.3 Å². The van der Waals surface area contributed by atoms with E-state index < -0.39 is 5.92 Å². The average Bonchev–Trinajstić information content (AvgIpc) is 2.46. The highest BCUT2D eigenvalue weighted by Crippen LogP contribution is 2.16. The second-order valence-corrected chi connectivity index (χ2v) is 4.41. The SMILES string of the molecule is CCOC(=O)C(CNC(=O)CCCN)c1ccccc1. The molecule has 110 valence electrons. The predicted octanol–water partition coefficient (Wildman–Crippen LogP) is 1.19. The Balaban J connectivity index is 2.64. The number of nitrogens with two attached hydrogens (primary N) is 1. The first-order valence-electron chi connectivity index (χ1n) is 6.87. The molecular formula is C15H22N2O3. The standard InChI is InChI=1S/C15H22N2O3/c1-2-20-15(19)13(12-7-4-3-5-8-12)11-17-14(18)9-6-10-16/h3-5,7-8,13H,2,6,9-11,16H2,1H3,(H,17,18). The molecule has 5 heteroatoms. The molecule has 0 saturated carbocycles. The lowest BCUT2D eigenvalue weighted by Crippen LogP contribution is -2.32. The summed E-state index contributed by atoms with van der Waals surface area (Å²) in [5.41, 5.74) is 6.20. The minimum absolute atomic E-state index is 0.0966. The molecule has 0 heterocycles. The Bertz CT molecular complexity index is 420. The highest BCUT2D eigenvalue weighted by atomic mass is 16.5. The number of hydrogen-bond acceptors (Lipinski definition) is 4. The van der Waals surface area contributed by atoms with Crippen molar-refractivity contribution in [3.63, 3.8) is 0 Å². The van der Waals surface area contributed by atoms with Gasteiger partial charge in [0, 0.05) is 13.0 Å². The highest BCUT2D eigenvalue weighted by molar-refractivity contribution is 5.81. The van der Waals surface area contributed by atoms with Crippen molar-refractivity contribution in [1.82, 2.24) is 5.32 Å². The van der Waals surface area contributed by atoms with Crippen LogP contribution in [0.15, 0.2) is 30.3 Å². The van der Waals surface area contributed by atoms with Crippen LogP contribution in [0, 0.1) is 0 Å². The summed E-state index contributed by atoms with van der Waals surface area (Å²) in [6.07, 6.45) is 1.02. The van der Waals surface area contributed by atoms with Crippen molar-refractivity contribution >= 4 is 11.9 Å². The zero-order chi connectivity index (χ0) is 14.8. The van der Waals surface area contributed by atoms with Gasteiger partial charge in [-0.15, -0.1) is 0 Å². The monoisotopic (exact) mass is 278 g/mol. The molecule has 1 rings (SSSR count). The van der Waals surface area contributed by atoms with Crippen LogP contribution in [0.1, 0.15) is 31.2 Å². The summed E-state index contributed by atoms with van der Waals surface area (Å²) in [7, 11) is 0. The van der Waals surface area contributed by atoms with Crippen molar-refractivity contribution in [2.45, 2.75) is 25.7 Å². The zero-order valence-electron chi connectivity index (χ0n) is 11.8. The number of hydrogen-bond donors (Lipinski definition) is 2. The maximum absolute atomic E-state index is 12.0. The smallest absolute Gasteiger partial charge is 0.315 e. The first-order valence-corrected chi connectivity index (χ1v) is 6.87. The van der Waals surface area contributed by atoms with Gasteiger partial charge < -0.3 is 15.8 Å². The molecule has 1 amide bonds. The Morgan fingerprint density at radius 3 is 2.60 bits per heavy atom. The van der Waals surface area contributed by atoms with E-state index in [0.29, 0.717) is 26.0 Å². The van der Waals surface area contributed by atoms with Crippen LogP contribution in [0.5, 0.6) is 0 Å². The molecule has 0 saturated heterocycles. The fraction of sp³-hybridized carbons (Fsp3) is 0.467. The van der Waals surface area contributed by atoms with Crippen LogP contribution in [-0.4, -0.2) is 31.6 Å². The van der Waals surface area contributed by atoms with Gasteiger partial charge in [-0.2, -0.15) is 0 Å². The number of carbonyl (C=O) groups is 2. The van der Waals surface area contributed by atoms with Crippen molar-refractivity contribution in [2.75, 3.05) is 19.7 Å². The zero-order valence-corrected chi connectivity index (χ0v) is 11.8. The van der Waals surface area contributed by atoms with E-state index >= 15 is 0 Å². The lowest BCUT2D eigenvalue weighted by atomic mass is 9.99. The second kappa shape index (κ2) is 9.09. The summed E-state index contributed by atoms with van der Waals surface area (Å²) in [6, 6.07) is 9.31. The number of amides is 1. The van der Waals surface area contributed by atoms with Gasteiger partial charge in [-0.05, 0) is 25.5 Å². The normalized spacial score (nSPS) is 11.7. The van der Waals surface area contributed by atoms with E-state index in [4.69, 9.17) is 10.5 Å². The quantitative estimate of drug-likeness (QED) is 0.700. The molecule has 3 N–H and O–H groups in total. The molecule has 20 heavy (non-hydrogen) atoms. The lowest BCUT2D eigenvalue weighted by Gasteiger charge is -2.16. The number of esters is 1. The fourth-order valence-corrected chi connectivity index (χ4v) is 1.83. The molecule has 0 aliphatic carbocycles. The van der Waals surface area contributed by atoms with Crippen molar-refractivity contribution in [3.05, 3.63) is 35.9 Å². The molecule has 1 atom stereocenters.